The molecule has 3 aromatic rings. The lowest BCUT2D eigenvalue weighted by atomic mass is 10.2. The van der Waals surface area contributed by atoms with Gasteiger partial charge >= 0.3 is 5.95 Å². The fourth-order valence-electron chi connectivity index (χ4n) is 2.77. The van der Waals surface area contributed by atoms with Crippen molar-refractivity contribution in [3.63, 3.8) is 0 Å². The van der Waals surface area contributed by atoms with Gasteiger partial charge in [-0.3, -0.25) is 0 Å². The molecule has 1 N–H and O–H groups in total. The fraction of sp³-hybridized carbons (Fsp3) is 0.368. The Balaban J connectivity index is 2.05. The molecule has 0 aliphatic rings. The van der Waals surface area contributed by atoms with Crippen molar-refractivity contribution in [2.45, 2.75) is 31.4 Å². The Hall–Kier alpha value is -1.14. The molecule has 0 radical (unpaired) electrons. The second-order valence-electron chi connectivity index (χ2n) is 6.88. The quantitative estimate of drug-likeness (QED) is 0.390. The van der Waals surface area contributed by atoms with Gasteiger partial charge in [-0.05, 0) is 20.8 Å². The lowest BCUT2D eigenvalue weighted by molar-refractivity contribution is -0.610. The maximum absolute atomic E-state index is 6.34. The summed E-state index contributed by atoms with van der Waals surface area (Å²) >= 11 is 20.4. The summed E-state index contributed by atoms with van der Waals surface area (Å²) < 4.78 is 7.54. The van der Waals surface area contributed by atoms with Crippen molar-refractivity contribution >= 4 is 57.6 Å². The fourth-order valence-corrected chi connectivity index (χ4v) is 4.46. The van der Waals surface area contributed by atoms with Gasteiger partial charge < -0.3 is 4.74 Å². The van der Waals surface area contributed by atoms with Gasteiger partial charge in [0.15, 0.2) is 5.52 Å². The average molecular weight is 446 g/mol. The summed E-state index contributed by atoms with van der Waals surface area (Å²) in [5.74, 6) is 3.15. The van der Waals surface area contributed by atoms with Gasteiger partial charge in [-0.15, -0.1) is 11.6 Å². The number of imidazole rings is 1. The van der Waals surface area contributed by atoms with Gasteiger partial charge in [0.2, 0.25) is 0 Å². The molecule has 8 heteroatoms. The molecule has 0 unspecified atom stereocenters. The van der Waals surface area contributed by atoms with Crippen molar-refractivity contribution in [3.8, 4) is 11.7 Å². The average Bonchev–Trinajstić information content (AvgIpc) is 2.98. The SMILES string of the molecule is COc1cc[n+](-c2nc3cc(Cl)c(Cl)cc3[nH]2)c(CSCC(C)(C)Cl)c1C. The number of methoxy groups -OCH3 is 1. The van der Waals surface area contributed by atoms with Gasteiger partial charge in [0.05, 0.1) is 23.4 Å². The number of fused-ring (bicyclic) bond motifs is 1. The summed E-state index contributed by atoms with van der Waals surface area (Å²) in [4.78, 5) is 7.76. The standard InChI is InChI=1S/C19H21Cl3N3OS/c1-11-16(9-27-10-19(2,3)22)25(6-5-17(11)26-4)18-23-14-7-12(20)13(21)8-15(14)24-18/h5-8H,9-10H2,1-4H3,(H,23,24)/q+1. The first-order valence-electron chi connectivity index (χ1n) is 8.39. The predicted molar refractivity (Wildman–Crippen MR) is 115 cm³/mol. The van der Waals surface area contributed by atoms with Crippen LogP contribution in [0.4, 0.5) is 0 Å². The molecule has 0 fully saturated rings. The second kappa shape index (κ2) is 8.08. The number of benzene rings is 1. The van der Waals surface area contributed by atoms with Crippen molar-refractivity contribution in [1.82, 2.24) is 9.97 Å². The van der Waals surface area contributed by atoms with E-state index in [1.807, 2.05) is 37.6 Å². The van der Waals surface area contributed by atoms with Crippen LogP contribution in [0, 0.1) is 6.92 Å². The van der Waals surface area contributed by atoms with E-state index in [9.17, 15) is 0 Å². The third-order valence-corrected chi connectivity index (χ3v) is 6.53. The van der Waals surface area contributed by atoms with Crippen LogP contribution in [0.1, 0.15) is 25.1 Å². The molecule has 0 atom stereocenters. The highest BCUT2D eigenvalue weighted by atomic mass is 35.5. The van der Waals surface area contributed by atoms with Gasteiger partial charge in [-0.2, -0.15) is 11.8 Å². The highest BCUT2D eigenvalue weighted by molar-refractivity contribution is 7.98. The number of alkyl halides is 1. The summed E-state index contributed by atoms with van der Waals surface area (Å²) in [6.45, 7) is 6.08. The first-order valence-corrected chi connectivity index (χ1v) is 10.7. The Labute approximate surface area is 178 Å². The number of H-pyrrole nitrogens is 1. The smallest absolute Gasteiger partial charge is 0.402 e. The van der Waals surface area contributed by atoms with E-state index in [0.717, 1.165) is 39.5 Å². The number of nitrogens with zero attached hydrogens (tertiary/aromatic N) is 2. The van der Waals surface area contributed by atoms with Crippen LogP contribution in [0.15, 0.2) is 24.4 Å². The van der Waals surface area contributed by atoms with Crippen LogP contribution in [0.2, 0.25) is 10.0 Å². The lowest BCUT2D eigenvalue weighted by Crippen LogP contribution is -2.37. The van der Waals surface area contributed by atoms with Crippen molar-refractivity contribution < 1.29 is 9.30 Å². The largest absolute Gasteiger partial charge is 0.496 e. The molecule has 0 amide bonds. The molecule has 27 heavy (non-hydrogen) atoms. The number of hydrogen-bond donors (Lipinski definition) is 1. The zero-order valence-corrected chi connectivity index (χ0v) is 18.7. The number of nitrogens with one attached hydrogen (secondary N) is 1. The minimum absolute atomic E-state index is 0.255. The van der Waals surface area contributed by atoms with Gasteiger partial charge in [-0.1, -0.05) is 28.2 Å². The highest BCUT2D eigenvalue weighted by Gasteiger charge is 2.22. The Bertz CT molecular complexity index is 943. The molecular formula is C19H21Cl3N3OS+. The van der Waals surface area contributed by atoms with Crippen LogP contribution in [-0.4, -0.2) is 27.7 Å². The zero-order valence-electron chi connectivity index (χ0n) is 15.6. The van der Waals surface area contributed by atoms with Gasteiger partial charge in [-0.25, -0.2) is 9.55 Å². The Morgan fingerprint density at radius 2 is 1.96 bits per heavy atom. The second-order valence-corrected chi connectivity index (χ2v) is 9.70. The molecule has 0 saturated carbocycles. The molecule has 2 aromatic heterocycles. The topological polar surface area (TPSA) is 41.8 Å². The third-order valence-electron chi connectivity index (χ3n) is 4.11. The zero-order chi connectivity index (χ0) is 19.8. The van der Waals surface area contributed by atoms with E-state index in [-0.39, 0.29) is 4.87 Å². The van der Waals surface area contributed by atoms with E-state index in [4.69, 9.17) is 39.5 Å². The number of aromatic nitrogens is 3. The number of rotatable bonds is 6. The maximum Gasteiger partial charge on any atom is 0.402 e. The van der Waals surface area contributed by atoms with Crippen LogP contribution in [-0.2, 0) is 5.75 Å². The molecule has 0 saturated heterocycles. The number of pyridine rings is 1. The first-order chi connectivity index (χ1) is 12.7. The Morgan fingerprint density at radius 1 is 1.26 bits per heavy atom. The monoisotopic (exact) mass is 444 g/mol. The van der Waals surface area contributed by atoms with E-state index in [1.165, 1.54) is 0 Å². The normalized spacial score (nSPS) is 12.0. The number of thioether (sulfide) groups is 1. The van der Waals surface area contributed by atoms with E-state index in [1.54, 1.807) is 31.0 Å². The molecule has 0 spiro atoms. The van der Waals surface area contributed by atoms with Crippen LogP contribution < -0.4 is 9.30 Å². The molecule has 2 heterocycles. The molecule has 0 aliphatic carbocycles. The molecule has 144 valence electrons. The summed E-state index contributed by atoms with van der Waals surface area (Å²) in [6, 6.07) is 5.49. The summed E-state index contributed by atoms with van der Waals surface area (Å²) in [6.07, 6.45) is 1.95. The third kappa shape index (κ3) is 4.65. The van der Waals surface area contributed by atoms with E-state index in [2.05, 4.69) is 9.97 Å². The Morgan fingerprint density at radius 3 is 2.63 bits per heavy atom. The van der Waals surface area contributed by atoms with E-state index >= 15 is 0 Å². The molecule has 0 bridgehead atoms. The minimum atomic E-state index is -0.255. The highest BCUT2D eigenvalue weighted by Crippen LogP contribution is 2.28. The number of aromatic amines is 1. The number of ether oxygens (including phenoxy) is 1. The lowest BCUT2D eigenvalue weighted by Gasteiger charge is -2.16. The van der Waals surface area contributed by atoms with Crippen molar-refractivity contribution in [2.75, 3.05) is 12.9 Å². The maximum atomic E-state index is 6.34. The predicted octanol–water partition coefficient (Wildman–Crippen LogP) is 5.71. The summed E-state index contributed by atoms with van der Waals surface area (Å²) in [7, 11) is 1.68. The van der Waals surface area contributed by atoms with Gasteiger partial charge in [0.1, 0.15) is 17.0 Å². The summed E-state index contributed by atoms with van der Waals surface area (Å²) in [5, 5.41) is 0.980. The summed E-state index contributed by atoms with van der Waals surface area (Å²) in [5.41, 5.74) is 3.76. The molecular weight excluding hydrogens is 425 g/mol. The van der Waals surface area contributed by atoms with Gasteiger partial charge in [0.25, 0.3) is 0 Å². The van der Waals surface area contributed by atoms with Crippen molar-refractivity contribution in [2.24, 2.45) is 0 Å². The van der Waals surface area contributed by atoms with Crippen molar-refractivity contribution in [3.05, 3.63) is 45.7 Å². The van der Waals surface area contributed by atoms with E-state index in [0.29, 0.717) is 16.0 Å². The molecule has 4 nitrogen and oxygen atoms in total. The molecule has 0 aliphatic heterocycles. The van der Waals surface area contributed by atoms with Crippen LogP contribution in [0.3, 0.4) is 0 Å². The van der Waals surface area contributed by atoms with E-state index < -0.39 is 0 Å². The van der Waals surface area contributed by atoms with Crippen LogP contribution in [0.5, 0.6) is 5.75 Å². The Kier molecular flexibility index (Phi) is 6.16. The van der Waals surface area contributed by atoms with Gasteiger partial charge in [0, 0.05) is 40.1 Å². The first kappa shape index (κ1) is 20.6. The number of hydrogen-bond acceptors (Lipinski definition) is 3. The minimum Gasteiger partial charge on any atom is -0.496 e. The number of halogens is 3. The van der Waals surface area contributed by atoms with Crippen molar-refractivity contribution in [1.29, 1.82) is 0 Å². The van der Waals surface area contributed by atoms with Crippen LogP contribution >= 0.6 is 46.6 Å². The molecule has 3 rings (SSSR count). The van der Waals surface area contributed by atoms with Crippen LogP contribution in [0.25, 0.3) is 17.0 Å². The molecule has 1 aromatic carbocycles.